The number of halogens is 3. The number of rotatable bonds is 2. The van der Waals surface area contributed by atoms with E-state index in [1.165, 1.54) is 0 Å². The first kappa shape index (κ1) is 18.2. The molecule has 1 N–H and O–H groups in total. The van der Waals surface area contributed by atoms with Gasteiger partial charge in [0.2, 0.25) is 5.91 Å². The molecule has 0 unspecified atom stereocenters. The van der Waals surface area contributed by atoms with Crippen molar-refractivity contribution >= 4 is 23.3 Å². The lowest BCUT2D eigenvalue weighted by Gasteiger charge is -2.61. The summed E-state index contributed by atoms with van der Waals surface area (Å²) in [5, 5.41) is 4.50. The van der Waals surface area contributed by atoms with Crippen molar-refractivity contribution in [3.8, 4) is 0 Å². The molecule has 3 amide bonds. The van der Waals surface area contributed by atoms with Gasteiger partial charge < -0.3 is 15.1 Å². The van der Waals surface area contributed by atoms with Gasteiger partial charge in [-0.1, -0.05) is 0 Å². The van der Waals surface area contributed by atoms with E-state index in [0.717, 1.165) is 36.2 Å². The molecule has 2 spiro atoms. The number of urea groups is 1. The largest absolute Gasteiger partial charge is 0.434 e. The minimum absolute atomic E-state index is 0.0191. The highest BCUT2D eigenvalue weighted by molar-refractivity contribution is 7.09. The van der Waals surface area contributed by atoms with Crippen LogP contribution in [-0.4, -0.2) is 76.4 Å². The van der Waals surface area contributed by atoms with Crippen molar-refractivity contribution in [3.63, 3.8) is 0 Å². The van der Waals surface area contributed by atoms with Crippen LogP contribution in [0.5, 0.6) is 0 Å². The number of aromatic nitrogens is 1. The maximum atomic E-state index is 12.6. The van der Waals surface area contributed by atoms with Gasteiger partial charge in [-0.05, 0) is 6.42 Å². The first-order chi connectivity index (χ1) is 13.2. The number of thiazole rings is 1. The van der Waals surface area contributed by atoms with Crippen LogP contribution in [0.2, 0.25) is 0 Å². The Hall–Kier alpha value is -1.88. The average molecular weight is 415 g/mol. The summed E-state index contributed by atoms with van der Waals surface area (Å²) in [5.74, 6) is 0.0622. The van der Waals surface area contributed by atoms with Gasteiger partial charge in [0.15, 0.2) is 5.69 Å². The summed E-state index contributed by atoms with van der Waals surface area (Å²) in [6.07, 6.45) is -3.06. The van der Waals surface area contributed by atoms with Gasteiger partial charge in [-0.2, -0.15) is 13.2 Å². The second-order valence-electron chi connectivity index (χ2n) is 8.59. The number of hydrogen-bond donors (Lipinski definition) is 1. The number of hydrogen-bond acceptors (Lipinski definition) is 5. The Balaban J connectivity index is 1.07. The fourth-order valence-electron chi connectivity index (χ4n) is 4.85. The van der Waals surface area contributed by atoms with E-state index in [1.807, 2.05) is 4.90 Å². The predicted molar refractivity (Wildman–Crippen MR) is 93.5 cm³/mol. The van der Waals surface area contributed by atoms with Crippen molar-refractivity contribution in [1.29, 1.82) is 0 Å². The van der Waals surface area contributed by atoms with Gasteiger partial charge >= 0.3 is 12.2 Å². The zero-order valence-corrected chi connectivity index (χ0v) is 15.9. The second kappa shape index (κ2) is 5.82. The number of alkyl halides is 3. The van der Waals surface area contributed by atoms with Crippen LogP contribution in [0.1, 0.15) is 23.5 Å². The van der Waals surface area contributed by atoms with E-state index >= 15 is 0 Å². The van der Waals surface area contributed by atoms with E-state index < -0.39 is 11.9 Å². The van der Waals surface area contributed by atoms with E-state index in [2.05, 4.69) is 15.2 Å². The van der Waals surface area contributed by atoms with Gasteiger partial charge in [0.1, 0.15) is 5.01 Å². The number of nitrogens with one attached hydrogen (secondary N) is 1. The molecular formula is C17H20F3N5O2S. The summed E-state index contributed by atoms with van der Waals surface area (Å²) in [6.45, 7) is 4.51. The van der Waals surface area contributed by atoms with Crippen LogP contribution in [0.4, 0.5) is 18.0 Å². The zero-order valence-electron chi connectivity index (χ0n) is 15.1. The Morgan fingerprint density at radius 2 is 1.86 bits per heavy atom. The minimum Gasteiger partial charge on any atom is -0.347 e. The number of amides is 3. The summed E-state index contributed by atoms with van der Waals surface area (Å²) >= 11 is 1.04. The molecule has 11 heteroatoms. The van der Waals surface area contributed by atoms with Gasteiger partial charge in [-0.25, -0.2) is 9.78 Å². The van der Waals surface area contributed by atoms with Crippen molar-refractivity contribution in [2.45, 2.75) is 31.1 Å². The molecule has 1 aromatic rings. The number of nitrogens with zero attached hydrogens (tertiary/aromatic N) is 4. The van der Waals surface area contributed by atoms with Crippen molar-refractivity contribution in [2.24, 2.45) is 5.41 Å². The maximum Gasteiger partial charge on any atom is 0.434 e. The maximum absolute atomic E-state index is 12.6. The fourth-order valence-corrected chi connectivity index (χ4v) is 5.69. The van der Waals surface area contributed by atoms with Gasteiger partial charge in [-0.3, -0.25) is 9.69 Å². The molecule has 0 radical (unpaired) electrons. The van der Waals surface area contributed by atoms with Crippen LogP contribution in [0.3, 0.4) is 0 Å². The summed E-state index contributed by atoms with van der Waals surface area (Å²) in [4.78, 5) is 33.3. The zero-order chi connectivity index (χ0) is 19.7. The van der Waals surface area contributed by atoms with Gasteiger partial charge in [0, 0.05) is 56.5 Å². The highest BCUT2D eigenvalue weighted by Gasteiger charge is 2.56. The molecule has 7 nitrogen and oxygen atoms in total. The van der Waals surface area contributed by atoms with Gasteiger partial charge in [-0.15, -0.1) is 11.3 Å². The van der Waals surface area contributed by atoms with Crippen molar-refractivity contribution < 1.29 is 22.8 Å². The Morgan fingerprint density at radius 1 is 1.18 bits per heavy atom. The normalized spacial score (nSPS) is 25.5. The van der Waals surface area contributed by atoms with Crippen LogP contribution < -0.4 is 5.32 Å². The molecule has 4 aliphatic rings. The third-order valence-electron chi connectivity index (χ3n) is 6.13. The van der Waals surface area contributed by atoms with Crippen LogP contribution >= 0.6 is 11.3 Å². The third kappa shape index (κ3) is 2.95. The lowest BCUT2D eigenvalue weighted by molar-refractivity contribution is -0.141. The van der Waals surface area contributed by atoms with E-state index in [9.17, 15) is 22.8 Å². The molecule has 1 aromatic heterocycles. The van der Waals surface area contributed by atoms with Crippen LogP contribution in [0.15, 0.2) is 5.38 Å². The lowest BCUT2D eigenvalue weighted by Crippen LogP contribution is -2.76. The minimum atomic E-state index is -4.39. The van der Waals surface area contributed by atoms with Crippen LogP contribution in [0.25, 0.3) is 0 Å². The standard InChI is InChI=1S/C17H20F3N5O2S/c18-17(19,20)11-4-28-13(21-11)3-23-5-15(6-23)7-24(8-15)14(27)25-9-16(10-25)2-1-12(26)22-16/h4H,1-3,5-10H2,(H,22,26). The average Bonchev–Trinajstić information content (AvgIpc) is 3.12. The molecule has 5 heterocycles. The molecule has 28 heavy (non-hydrogen) atoms. The molecule has 4 aliphatic heterocycles. The van der Waals surface area contributed by atoms with E-state index in [0.29, 0.717) is 44.2 Å². The van der Waals surface area contributed by atoms with E-state index in [-0.39, 0.29) is 22.9 Å². The van der Waals surface area contributed by atoms with Crippen LogP contribution in [0, 0.1) is 5.41 Å². The Labute approximate surface area is 163 Å². The molecule has 0 aromatic carbocycles. The summed E-state index contributed by atoms with van der Waals surface area (Å²) in [7, 11) is 0. The topological polar surface area (TPSA) is 68.8 Å². The summed E-state index contributed by atoms with van der Waals surface area (Å²) in [5.41, 5.74) is -0.955. The number of carbonyl (C=O) groups excluding carboxylic acids is 2. The molecule has 4 fully saturated rings. The molecular weight excluding hydrogens is 395 g/mol. The number of carbonyl (C=O) groups is 2. The smallest absolute Gasteiger partial charge is 0.347 e. The van der Waals surface area contributed by atoms with Gasteiger partial charge in [0.05, 0.1) is 12.1 Å². The molecule has 152 valence electrons. The first-order valence-corrected chi connectivity index (χ1v) is 10.1. The quantitative estimate of drug-likeness (QED) is 0.792. The third-order valence-corrected chi connectivity index (χ3v) is 6.97. The summed E-state index contributed by atoms with van der Waals surface area (Å²) in [6, 6.07) is 0.0191. The van der Waals surface area contributed by atoms with Crippen molar-refractivity contribution in [1.82, 2.24) is 25.0 Å². The lowest BCUT2D eigenvalue weighted by atomic mass is 9.73. The molecule has 0 aliphatic carbocycles. The fraction of sp³-hybridized carbons (Fsp3) is 0.706. The van der Waals surface area contributed by atoms with Crippen molar-refractivity contribution in [2.75, 3.05) is 39.3 Å². The Morgan fingerprint density at radius 3 is 2.43 bits per heavy atom. The van der Waals surface area contributed by atoms with E-state index in [4.69, 9.17) is 0 Å². The molecule has 0 saturated carbocycles. The Bertz CT molecular complexity index is 821. The highest BCUT2D eigenvalue weighted by Crippen LogP contribution is 2.42. The molecule has 4 saturated heterocycles. The molecule has 0 atom stereocenters. The summed E-state index contributed by atoms with van der Waals surface area (Å²) < 4.78 is 37.9. The Kier molecular flexibility index (Phi) is 3.77. The second-order valence-corrected chi connectivity index (χ2v) is 9.54. The van der Waals surface area contributed by atoms with Crippen LogP contribution in [-0.2, 0) is 17.5 Å². The monoisotopic (exact) mass is 415 g/mol. The molecule has 5 rings (SSSR count). The van der Waals surface area contributed by atoms with E-state index in [1.54, 1.807) is 4.90 Å². The molecule has 0 bridgehead atoms. The SMILES string of the molecule is O=C1CCC2(CN(C(=O)N3CC4(CN(Cc5nc(C(F)(F)F)cs5)C4)C3)C2)N1. The van der Waals surface area contributed by atoms with Gasteiger partial charge in [0.25, 0.3) is 0 Å². The number of likely N-dealkylation sites (tertiary alicyclic amines) is 3. The predicted octanol–water partition coefficient (Wildman–Crippen LogP) is 1.36. The highest BCUT2D eigenvalue weighted by atomic mass is 32.1. The first-order valence-electron chi connectivity index (χ1n) is 9.24. The van der Waals surface area contributed by atoms with Crippen molar-refractivity contribution in [3.05, 3.63) is 16.1 Å².